The molecule has 4 heterocycles. The third kappa shape index (κ3) is 9.80. The van der Waals surface area contributed by atoms with Crippen molar-refractivity contribution in [2.75, 3.05) is 0 Å². The maximum atomic E-state index is 6.53. The second-order valence-corrected chi connectivity index (χ2v) is 25.8. The van der Waals surface area contributed by atoms with E-state index in [0.717, 1.165) is 77.6 Å². The van der Waals surface area contributed by atoms with Gasteiger partial charge in [-0.05, 0) is 113 Å². The molecule has 0 aliphatic rings. The van der Waals surface area contributed by atoms with Crippen molar-refractivity contribution < 1.29 is 4.42 Å². The molecule has 0 radical (unpaired) electrons. The molecule has 7 nitrogen and oxygen atoms in total. The summed E-state index contributed by atoms with van der Waals surface area (Å²) >= 11 is 1.90. The van der Waals surface area contributed by atoms with Gasteiger partial charge in [-0.2, -0.15) is 0 Å². The van der Waals surface area contributed by atoms with E-state index in [2.05, 4.69) is 200 Å². The van der Waals surface area contributed by atoms with Crippen molar-refractivity contribution in [1.82, 2.24) is 29.9 Å². The molecule has 16 aromatic carbocycles. The Hall–Kier alpha value is -12.9. The highest BCUT2D eigenvalue weighted by Crippen LogP contribution is 2.48. The molecule has 0 saturated carbocycles. The van der Waals surface area contributed by atoms with Crippen LogP contribution in [0.5, 0.6) is 0 Å². The van der Waals surface area contributed by atoms with E-state index in [1.54, 1.807) is 0 Å². The molecule has 0 amide bonds. The average Bonchev–Trinajstić information content (AvgIpc) is 1.49. The van der Waals surface area contributed by atoms with Gasteiger partial charge in [-0.3, -0.25) is 0 Å². The van der Waals surface area contributed by atoms with Gasteiger partial charge >= 0.3 is 0 Å². The van der Waals surface area contributed by atoms with E-state index in [-0.39, 0.29) is 0 Å². The molecule has 0 bridgehead atoms. The molecule has 0 fully saturated rings. The number of para-hydroxylation sites is 1. The lowest BCUT2D eigenvalue weighted by Gasteiger charge is -2.12. The number of fused-ring (bicyclic) bond motifs is 20. The van der Waals surface area contributed by atoms with E-state index >= 15 is 0 Å². The Morgan fingerprint density at radius 3 is 1.02 bits per heavy atom. The molecule has 0 aliphatic heterocycles. The first-order valence-corrected chi connectivity index (χ1v) is 33.7. The maximum absolute atomic E-state index is 6.53. The lowest BCUT2D eigenvalue weighted by molar-refractivity contribution is 0.673. The summed E-state index contributed by atoms with van der Waals surface area (Å²) in [4.78, 5) is 29.6. The highest BCUT2D eigenvalue weighted by atomic mass is 32.1. The molecule has 0 saturated heterocycles. The van der Waals surface area contributed by atoms with E-state index < -0.39 is 0 Å². The van der Waals surface area contributed by atoms with Crippen molar-refractivity contribution in [3.05, 3.63) is 328 Å². The molecule has 0 N–H and O–H groups in total. The van der Waals surface area contributed by atoms with Crippen LogP contribution in [0.25, 0.3) is 197 Å². The summed E-state index contributed by atoms with van der Waals surface area (Å²) < 4.78 is 9.21. The summed E-state index contributed by atoms with van der Waals surface area (Å²) in [5.41, 5.74) is 12.1. The van der Waals surface area contributed by atoms with Crippen molar-refractivity contribution in [2.24, 2.45) is 0 Å². The van der Waals surface area contributed by atoms with Gasteiger partial charge in [0.05, 0.1) is 0 Å². The lowest BCUT2D eigenvalue weighted by Crippen LogP contribution is -2.00. The van der Waals surface area contributed by atoms with Gasteiger partial charge in [0, 0.05) is 80.5 Å². The van der Waals surface area contributed by atoms with Crippen LogP contribution in [0.1, 0.15) is 0 Å². The fourth-order valence-electron chi connectivity index (χ4n) is 14.4. The predicted molar refractivity (Wildman–Crippen MR) is 408 cm³/mol. The molecule has 98 heavy (non-hydrogen) atoms. The van der Waals surface area contributed by atoms with Gasteiger partial charge in [-0.15, -0.1) is 11.3 Å². The van der Waals surface area contributed by atoms with Crippen molar-refractivity contribution in [3.8, 4) is 90.6 Å². The lowest BCUT2D eigenvalue weighted by atomic mass is 9.92. The molecule has 0 unspecified atom stereocenters. The molecule has 0 atom stereocenters. The van der Waals surface area contributed by atoms with E-state index in [9.17, 15) is 0 Å². The summed E-state index contributed by atoms with van der Waals surface area (Å²) in [5, 5.41) is 19.9. The van der Waals surface area contributed by atoms with Crippen LogP contribution < -0.4 is 0 Å². The van der Waals surface area contributed by atoms with Gasteiger partial charge < -0.3 is 4.42 Å². The van der Waals surface area contributed by atoms with E-state index in [1.807, 2.05) is 139 Å². The van der Waals surface area contributed by atoms with Gasteiger partial charge in [-0.25, -0.2) is 29.9 Å². The molecule has 8 heteroatoms. The molecular formula is C90H54N6OS. The van der Waals surface area contributed by atoms with E-state index in [4.69, 9.17) is 34.3 Å². The van der Waals surface area contributed by atoms with Crippen LogP contribution in [0, 0.1) is 0 Å². The number of aromatic nitrogens is 6. The minimum absolute atomic E-state index is 0.641. The van der Waals surface area contributed by atoms with Crippen LogP contribution in [-0.2, 0) is 0 Å². The highest BCUT2D eigenvalue weighted by molar-refractivity contribution is 7.27. The van der Waals surface area contributed by atoms with Crippen LogP contribution in [0.2, 0.25) is 0 Å². The third-order valence-electron chi connectivity index (χ3n) is 19.0. The first kappa shape index (κ1) is 56.6. The fourth-order valence-corrected chi connectivity index (χ4v) is 15.6. The molecule has 20 rings (SSSR count). The highest BCUT2D eigenvalue weighted by Gasteiger charge is 2.21. The largest absolute Gasteiger partial charge is 0.455 e. The Bertz CT molecular complexity index is 6040. The Morgan fingerprint density at radius 2 is 0.541 bits per heavy atom. The number of thiophene rings is 1. The Balaban J connectivity index is 0.000000137. The van der Waals surface area contributed by atoms with Gasteiger partial charge in [0.25, 0.3) is 0 Å². The standard InChI is InChI=1S/C45H27N3O.C45H27N3S/c2*1-3-12-28(13-4-1)43-46-44(29-14-5-2-6-15-29)48-45(47-43)33-17-11-16-30(27-33)31-22-24-34-32(26-31)23-25-38-40(34)35-18-7-8-19-36(35)41-37-20-9-10-21-39(37)49-42(38)41/h2*1-27H. The van der Waals surface area contributed by atoms with Crippen molar-refractivity contribution in [1.29, 1.82) is 0 Å². The topological polar surface area (TPSA) is 90.5 Å². The molecule has 20 aromatic rings. The summed E-state index contributed by atoms with van der Waals surface area (Å²) in [5.74, 6) is 3.92. The zero-order chi connectivity index (χ0) is 64.6. The SMILES string of the molecule is c1ccc(-c2nc(-c3ccccc3)nc(-c3cccc(-c4ccc5c(ccc6c7oc8ccccc8c7c7ccccc7c56)c4)c3)n2)cc1.c1ccc(-c2nc(-c3ccccc3)nc(-c3cccc(-c4ccc5c(ccc6c7sc8ccccc8c7c7ccccc7c56)c4)c3)n2)cc1. The molecule has 4 aromatic heterocycles. The van der Waals surface area contributed by atoms with Crippen LogP contribution in [0.3, 0.4) is 0 Å². The van der Waals surface area contributed by atoms with E-state index in [1.165, 1.54) is 84.8 Å². The number of hydrogen-bond acceptors (Lipinski definition) is 8. The Morgan fingerprint density at radius 1 is 0.204 bits per heavy atom. The monoisotopic (exact) mass is 1270 g/mol. The summed E-state index contributed by atoms with van der Waals surface area (Å²) in [6, 6.07) is 115. The maximum Gasteiger partial charge on any atom is 0.164 e. The van der Waals surface area contributed by atoms with Gasteiger partial charge in [0.2, 0.25) is 0 Å². The summed E-state index contributed by atoms with van der Waals surface area (Å²) in [6.45, 7) is 0. The minimum Gasteiger partial charge on any atom is -0.455 e. The summed E-state index contributed by atoms with van der Waals surface area (Å²) in [7, 11) is 0. The predicted octanol–water partition coefficient (Wildman–Crippen LogP) is 24.3. The van der Waals surface area contributed by atoms with Crippen molar-refractivity contribution in [2.45, 2.75) is 0 Å². The molecule has 0 aliphatic carbocycles. The van der Waals surface area contributed by atoms with Crippen LogP contribution in [0.15, 0.2) is 332 Å². The quantitative estimate of drug-likeness (QED) is 0.140. The van der Waals surface area contributed by atoms with Crippen molar-refractivity contribution >= 4 is 118 Å². The Kier molecular flexibility index (Phi) is 13.6. The van der Waals surface area contributed by atoms with Gasteiger partial charge in [0.15, 0.2) is 34.9 Å². The first-order chi connectivity index (χ1) is 48.6. The molecular weight excluding hydrogens is 1210 g/mol. The number of nitrogens with zero attached hydrogens (tertiary/aromatic N) is 6. The third-order valence-corrected chi connectivity index (χ3v) is 20.2. The first-order valence-electron chi connectivity index (χ1n) is 32.9. The average molecular weight is 1270 g/mol. The number of benzene rings is 16. The number of rotatable bonds is 8. The fraction of sp³-hybridized carbons (Fsp3) is 0. The summed E-state index contributed by atoms with van der Waals surface area (Å²) in [6.07, 6.45) is 0. The van der Waals surface area contributed by atoms with Gasteiger partial charge in [-0.1, -0.05) is 285 Å². The number of hydrogen-bond donors (Lipinski definition) is 0. The normalized spacial score (nSPS) is 11.7. The van der Waals surface area contributed by atoms with Gasteiger partial charge in [0.1, 0.15) is 11.2 Å². The second kappa shape index (κ2) is 23.5. The number of furan rings is 1. The zero-order valence-electron chi connectivity index (χ0n) is 52.7. The van der Waals surface area contributed by atoms with E-state index in [0.29, 0.717) is 34.9 Å². The van der Waals surface area contributed by atoms with Crippen molar-refractivity contribution in [3.63, 3.8) is 0 Å². The second-order valence-electron chi connectivity index (χ2n) is 24.8. The zero-order valence-corrected chi connectivity index (χ0v) is 53.5. The smallest absolute Gasteiger partial charge is 0.164 e. The minimum atomic E-state index is 0.641. The van der Waals surface area contributed by atoms with Crippen LogP contribution in [0.4, 0.5) is 0 Å². The molecule has 0 spiro atoms. The van der Waals surface area contributed by atoms with Crippen LogP contribution in [-0.4, -0.2) is 29.9 Å². The molecule has 456 valence electrons. The Labute approximate surface area is 567 Å². The van der Waals surface area contributed by atoms with Crippen LogP contribution >= 0.6 is 11.3 Å².